The average Bonchev–Trinajstić information content (AvgIpc) is 3.16. The number of hydrogen-bond acceptors (Lipinski definition) is 3. The molecule has 2 aromatic rings. The first-order chi connectivity index (χ1) is 14.5. The molecular weight excluding hydrogens is 401 g/mol. The van der Waals surface area contributed by atoms with Gasteiger partial charge in [0.1, 0.15) is 5.82 Å². The Balaban J connectivity index is 1.42. The quantitative estimate of drug-likeness (QED) is 0.779. The van der Waals surface area contributed by atoms with E-state index in [0.29, 0.717) is 38.0 Å². The maximum atomic E-state index is 13.6. The van der Waals surface area contributed by atoms with Gasteiger partial charge in [-0.25, -0.2) is 9.18 Å². The molecule has 158 valence electrons. The Labute approximate surface area is 180 Å². The Morgan fingerprint density at radius 1 is 1.10 bits per heavy atom. The molecule has 7 heteroatoms. The van der Waals surface area contributed by atoms with E-state index in [9.17, 15) is 14.0 Å². The highest BCUT2D eigenvalue weighted by atomic mass is 32.2. The van der Waals surface area contributed by atoms with Crippen LogP contribution in [-0.4, -0.2) is 52.0 Å². The number of hydrogen-bond donors (Lipinski definition) is 1. The maximum Gasteiger partial charge on any atom is 0.321 e. The Kier molecular flexibility index (Phi) is 5.99. The number of nitrogens with zero attached hydrogens (tertiary/aromatic N) is 2. The van der Waals surface area contributed by atoms with Crippen LogP contribution in [0.25, 0.3) is 0 Å². The van der Waals surface area contributed by atoms with Crippen LogP contribution < -0.4 is 5.32 Å². The van der Waals surface area contributed by atoms with Crippen LogP contribution in [0.5, 0.6) is 0 Å². The highest BCUT2D eigenvalue weighted by Gasteiger charge is 2.47. The van der Waals surface area contributed by atoms with Crippen LogP contribution in [0.2, 0.25) is 0 Å². The molecule has 0 radical (unpaired) electrons. The van der Waals surface area contributed by atoms with Crippen molar-refractivity contribution in [3.05, 3.63) is 65.5 Å². The van der Waals surface area contributed by atoms with E-state index in [1.807, 2.05) is 34.1 Å². The first-order valence-corrected chi connectivity index (χ1v) is 11.4. The van der Waals surface area contributed by atoms with Crippen molar-refractivity contribution in [3.63, 3.8) is 0 Å². The molecule has 0 aromatic heterocycles. The lowest BCUT2D eigenvalue weighted by molar-refractivity contribution is 0.0585. The number of piperidine rings is 1. The number of carbonyl (C=O) groups excluding carboxylic acids is 2. The van der Waals surface area contributed by atoms with Gasteiger partial charge in [0.2, 0.25) is 0 Å². The predicted octanol–water partition coefficient (Wildman–Crippen LogP) is 4.60. The summed E-state index contributed by atoms with van der Waals surface area (Å²) in [6.07, 6.45) is 2.27. The zero-order chi connectivity index (χ0) is 21.1. The van der Waals surface area contributed by atoms with Crippen molar-refractivity contribution < 1.29 is 14.0 Å². The van der Waals surface area contributed by atoms with Crippen molar-refractivity contribution in [2.75, 3.05) is 30.7 Å². The van der Waals surface area contributed by atoms with E-state index in [4.69, 9.17) is 0 Å². The second-order valence-electron chi connectivity index (χ2n) is 7.69. The summed E-state index contributed by atoms with van der Waals surface area (Å²) < 4.78 is 13.6. The first kappa shape index (κ1) is 20.7. The number of carbonyl (C=O) groups is 2. The van der Waals surface area contributed by atoms with Crippen molar-refractivity contribution >= 4 is 29.4 Å². The van der Waals surface area contributed by atoms with Gasteiger partial charge in [0.15, 0.2) is 0 Å². The zero-order valence-electron chi connectivity index (χ0n) is 17.1. The number of thioether (sulfide) groups is 1. The van der Waals surface area contributed by atoms with Crippen LogP contribution in [0.4, 0.5) is 14.9 Å². The highest BCUT2D eigenvalue weighted by molar-refractivity contribution is 8.00. The standard InChI is InChI=1S/C23H26FN3O2S/c1-2-17-6-3-4-9-20(17)25-22(29)26-12-10-23(11-13-26)27(14-15-30-23)21(28)18-7-5-8-19(24)16-18/h3-9,16H,2,10-15H2,1H3,(H,25,29). The summed E-state index contributed by atoms with van der Waals surface area (Å²) in [5.41, 5.74) is 2.34. The molecule has 2 heterocycles. The molecule has 2 aromatic carbocycles. The van der Waals surface area contributed by atoms with Crippen LogP contribution in [-0.2, 0) is 6.42 Å². The summed E-state index contributed by atoms with van der Waals surface area (Å²) in [6, 6.07) is 13.6. The Morgan fingerprint density at radius 2 is 1.87 bits per heavy atom. The van der Waals surface area contributed by atoms with Gasteiger partial charge in [-0.3, -0.25) is 4.79 Å². The Bertz CT molecular complexity index is 944. The summed E-state index contributed by atoms with van der Waals surface area (Å²) in [6.45, 7) is 3.88. The van der Waals surface area contributed by atoms with Gasteiger partial charge in [0.25, 0.3) is 5.91 Å². The lowest BCUT2D eigenvalue weighted by atomic mass is 10.0. The second kappa shape index (κ2) is 8.68. The zero-order valence-corrected chi connectivity index (χ0v) is 17.9. The number of halogens is 1. The smallest absolute Gasteiger partial charge is 0.321 e. The minimum Gasteiger partial charge on any atom is -0.324 e. The van der Waals surface area contributed by atoms with Gasteiger partial charge >= 0.3 is 6.03 Å². The molecule has 3 amide bonds. The fraction of sp³-hybridized carbons (Fsp3) is 0.391. The topological polar surface area (TPSA) is 52.7 Å². The van der Waals surface area contributed by atoms with E-state index in [1.165, 1.54) is 12.1 Å². The van der Waals surface area contributed by atoms with E-state index >= 15 is 0 Å². The number of urea groups is 1. The number of likely N-dealkylation sites (tertiary alicyclic amines) is 1. The van der Waals surface area contributed by atoms with Crippen molar-refractivity contribution in [3.8, 4) is 0 Å². The van der Waals surface area contributed by atoms with Gasteiger partial charge in [0, 0.05) is 36.6 Å². The summed E-state index contributed by atoms with van der Waals surface area (Å²) in [4.78, 5) is 29.2. The number of aryl methyl sites for hydroxylation is 1. The van der Waals surface area contributed by atoms with Gasteiger partial charge in [-0.05, 0) is 49.1 Å². The molecule has 2 fully saturated rings. The number of para-hydroxylation sites is 1. The molecule has 0 bridgehead atoms. The molecular formula is C23H26FN3O2S. The van der Waals surface area contributed by atoms with Crippen molar-refractivity contribution in [1.82, 2.24) is 9.80 Å². The monoisotopic (exact) mass is 427 g/mol. The van der Waals surface area contributed by atoms with Crippen molar-refractivity contribution in [2.24, 2.45) is 0 Å². The van der Waals surface area contributed by atoms with E-state index in [1.54, 1.807) is 23.9 Å². The fourth-order valence-electron chi connectivity index (χ4n) is 4.29. The summed E-state index contributed by atoms with van der Waals surface area (Å²) in [5.74, 6) is 0.326. The van der Waals surface area contributed by atoms with E-state index < -0.39 is 5.82 Å². The molecule has 1 N–H and O–H groups in total. The fourth-order valence-corrected chi connectivity index (χ4v) is 5.75. The minimum atomic E-state index is -0.402. The average molecular weight is 428 g/mol. The molecule has 0 atom stereocenters. The van der Waals surface area contributed by atoms with Crippen molar-refractivity contribution in [2.45, 2.75) is 31.1 Å². The van der Waals surface area contributed by atoms with E-state index in [-0.39, 0.29) is 16.8 Å². The SMILES string of the molecule is CCc1ccccc1NC(=O)N1CCC2(CC1)SCCN2C(=O)c1cccc(F)c1. The molecule has 2 aliphatic rings. The van der Waals surface area contributed by atoms with Crippen LogP contribution in [0.15, 0.2) is 48.5 Å². The predicted molar refractivity (Wildman–Crippen MR) is 118 cm³/mol. The van der Waals surface area contributed by atoms with Crippen LogP contribution in [0.3, 0.4) is 0 Å². The third-order valence-electron chi connectivity index (χ3n) is 5.97. The molecule has 4 rings (SSSR count). The lowest BCUT2D eigenvalue weighted by Crippen LogP contribution is -2.54. The number of rotatable bonds is 3. The van der Waals surface area contributed by atoms with Gasteiger partial charge in [0.05, 0.1) is 4.87 Å². The third kappa shape index (κ3) is 4.03. The molecule has 0 unspecified atom stereocenters. The van der Waals surface area contributed by atoms with Crippen LogP contribution in [0.1, 0.15) is 35.7 Å². The van der Waals surface area contributed by atoms with Gasteiger partial charge in [-0.15, -0.1) is 11.8 Å². The van der Waals surface area contributed by atoms with Gasteiger partial charge in [-0.2, -0.15) is 0 Å². The normalized spacial score (nSPS) is 17.9. The third-order valence-corrected chi connectivity index (χ3v) is 7.52. The van der Waals surface area contributed by atoms with Crippen molar-refractivity contribution in [1.29, 1.82) is 0 Å². The molecule has 2 saturated heterocycles. The summed E-state index contributed by atoms with van der Waals surface area (Å²) >= 11 is 1.78. The molecule has 0 saturated carbocycles. The first-order valence-electron chi connectivity index (χ1n) is 10.4. The molecule has 5 nitrogen and oxygen atoms in total. The minimum absolute atomic E-state index is 0.100. The molecule has 1 spiro atoms. The maximum absolute atomic E-state index is 13.6. The lowest BCUT2D eigenvalue weighted by Gasteiger charge is -2.44. The Morgan fingerprint density at radius 3 is 2.60 bits per heavy atom. The summed E-state index contributed by atoms with van der Waals surface area (Å²) in [7, 11) is 0. The number of amides is 3. The summed E-state index contributed by atoms with van der Waals surface area (Å²) in [5, 5.41) is 3.03. The van der Waals surface area contributed by atoms with E-state index in [0.717, 1.165) is 23.4 Å². The number of nitrogens with one attached hydrogen (secondary N) is 1. The van der Waals surface area contributed by atoms with E-state index in [2.05, 4.69) is 12.2 Å². The number of benzene rings is 2. The second-order valence-corrected chi connectivity index (χ2v) is 9.15. The molecule has 2 aliphatic heterocycles. The Hall–Kier alpha value is -2.54. The largest absolute Gasteiger partial charge is 0.324 e. The number of anilines is 1. The van der Waals surface area contributed by atoms with Crippen LogP contribution in [0, 0.1) is 5.82 Å². The highest BCUT2D eigenvalue weighted by Crippen LogP contribution is 2.44. The van der Waals surface area contributed by atoms with Crippen LogP contribution >= 0.6 is 11.8 Å². The van der Waals surface area contributed by atoms with Gasteiger partial charge in [-0.1, -0.05) is 31.2 Å². The molecule has 0 aliphatic carbocycles. The molecule has 30 heavy (non-hydrogen) atoms. The van der Waals surface area contributed by atoms with Gasteiger partial charge < -0.3 is 15.1 Å².